The molecule has 0 atom stereocenters. The molecule has 0 aliphatic carbocycles. The van der Waals surface area contributed by atoms with Crippen molar-refractivity contribution in [2.24, 2.45) is 0 Å². The van der Waals surface area contributed by atoms with Crippen LogP contribution in [0.3, 0.4) is 0 Å². The Bertz CT molecular complexity index is 3250. The fourth-order valence-corrected chi connectivity index (χ4v) is 9.96. The van der Waals surface area contributed by atoms with Gasteiger partial charge in [0.2, 0.25) is 0 Å². The average molecular weight is 830 g/mol. The molecule has 10 rings (SSSR count). The van der Waals surface area contributed by atoms with Crippen molar-refractivity contribution < 1.29 is 0 Å². The molecule has 7 nitrogen and oxygen atoms in total. The molecular weight excluding hydrogens is 771 g/mol. The molecule has 7 heteroatoms. The lowest BCUT2D eigenvalue weighted by Crippen LogP contribution is -2.34. The molecule has 0 radical (unpaired) electrons. The number of hydrogen-bond donors (Lipinski definition) is 3. The number of H-pyrrole nitrogens is 1. The Morgan fingerprint density at radius 2 is 1.05 bits per heavy atom. The molecule has 3 aromatic heterocycles. The maximum atomic E-state index is 3.82. The van der Waals surface area contributed by atoms with Gasteiger partial charge in [-0.2, -0.15) is 0 Å². The monoisotopic (exact) mass is 829 g/mol. The van der Waals surface area contributed by atoms with Gasteiger partial charge in [-0.3, -0.25) is 4.68 Å². The van der Waals surface area contributed by atoms with E-state index in [1.807, 2.05) is 7.05 Å². The van der Waals surface area contributed by atoms with Crippen molar-refractivity contribution >= 4 is 82.5 Å². The molecule has 10 aromatic rings. The quantitative estimate of drug-likeness (QED) is 0.108. The van der Waals surface area contributed by atoms with E-state index in [2.05, 4.69) is 229 Å². The summed E-state index contributed by atoms with van der Waals surface area (Å²) in [5, 5.41) is 17.2. The van der Waals surface area contributed by atoms with E-state index in [4.69, 9.17) is 0 Å². The zero-order chi connectivity index (χ0) is 43.6. The zero-order valence-electron chi connectivity index (χ0n) is 38.0. The predicted molar refractivity (Wildman–Crippen MR) is 273 cm³/mol. The van der Waals surface area contributed by atoms with Gasteiger partial charge in [0.1, 0.15) is 0 Å². The molecule has 0 fully saturated rings. The Morgan fingerprint density at radius 3 is 1.62 bits per heavy atom. The summed E-state index contributed by atoms with van der Waals surface area (Å²) in [6, 6.07) is 53.9. The molecule has 3 N–H and O–H groups in total. The second-order valence-electron chi connectivity index (χ2n) is 19.0. The molecule has 0 aliphatic rings. The van der Waals surface area contributed by atoms with E-state index in [1.165, 1.54) is 76.9 Å². The van der Waals surface area contributed by atoms with Gasteiger partial charge < -0.3 is 30.1 Å². The van der Waals surface area contributed by atoms with E-state index in [0.29, 0.717) is 0 Å². The Kier molecular flexibility index (Phi) is 9.89. The highest BCUT2D eigenvalue weighted by atomic mass is 15.5. The minimum atomic E-state index is -0.0785. The van der Waals surface area contributed by atoms with Crippen LogP contribution in [0, 0.1) is 0 Å². The molecule has 0 bridgehead atoms. The fraction of sp³-hybridized carbons (Fsp3) is 0.250. The molecule has 63 heavy (non-hydrogen) atoms. The van der Waals surface area contributed by atoms with Crippen molar-refractivity contribution in [3.8, 4) is 5.69 Å². The summed E-state index contributed by atoms with van der Waals surface area (Å²) < 4.78 is 4.86. The SMILES string of the molecule is CNc1cccc2c1[nH]c1c(NCCC(C)(C)c3ccc4c(c3)c3cc(C(C)(C)CCN(C)n5c6ccccc6c6ccccc65)ccc3n4-c3ccc(N(C)C)cc3)cccc12. The highest BCUT2D eigenvalue weighted by Gasteiger charge is 2.26. The number of aromatic amines is 1. The fourth-order valence-electron chi connectivity index (χ4n) is 9.96. The molecule has 0 saturated carbocycles. The summed E-state index contributed by atoms with van der Waals surface area (Å²) >= 11 is 0. The number of nitrogens with zero attached hydrogens (tertiary/aromatic N) is 4. The first-order valence-corrected chi connectivity index (χ1v) is 22.5. The zero-order valence-corrected chi connectivity index (χ0v) is 38.0. The van der Waals surface area contributed by atoms with E-state index in [0.717, 1.165) is 48.3 Å². The number of anilines is 3. The van der Waals surface area contributed by atoms with E-state index >= 15 is 0 Å². The highest BCUT2D eigenvalue weighted by molar-refractivity contribution is 6.14. The summed E-state index contributed by atoms with van der Waals surface area (Å²) in [7, 11) is 8.41. The van der Waals surface area contributed by atoms with Crippen molar-refractivity contribution in [2.75, 3.05) is 61.8 Å². The number of benzene rings is 7. The largest absolute Gasteiger partial charge is 0.386 e. The molecular formula is C56H59N7. The summed E-state index contributed by atoms with van der Waals surface area (Å²) in [6.45, 7) is 11.3. The third-order valence-electron chi connectivity index (χ3n) is 13.9. The van der Waals surface area contributed by atoms with Crippen LogP contribution in [-0.2, 0) is 10.8 Å². The van der Waals surface area contributed by atoms with Crippen LogP contribution < -0.4 is 20.5 Å². The van der Waals surface area contributed by atoms with Crippen molar-refractivity contribution in [1.29, 1.82) is 0 Å². The van der Waals surface area contributed by atoms with Gasteiger partial charge in [-0.15, -0.1) is 0 Å². The van der Waals surface area contributed by atoms with E-state index in [1.54, 1.807) is 0 Å². The summed E-state index contributed by atoms with van der Waals surface area (Å²) in [5.41, 5.74) is 14.4. The molecule has 0 saturated heterocycles. The third-order valence-corrected chi connectivity index (χ3v) is 13.9. The highest BCUT2D eigenvalue weighted by Crippen LogP contribution is 2.40. The molecule has 318 valence electrons. The van der Waals surface area contributed by atoms with Crippen molar-refractivity contribution in [1.82, 2.24) is 14.2 Å². The van der Waals surface area contributed by atoms with Gasteiger partial charge in [0.05, 0.1) is 44.5 Å². The summed E-state index contributed by atoms with van der Waals surface area (Å²) in [6.07, 6.45) is 1.97. The Labute approximate surface area is 370 Å². The van der Waals surface area contributed by atoms with E-state index < -0.39 is 0 Å². The number of nitrogens with one attached hydrogen (secondary N) is 3. The second-order valence-corrected chi connectivity index (χ2v) is 19.0. The second kappa shape index (κ2) is 15.5. The predicted octanol–water partition coefficient (Wildman–Crippen LogP) is 13.3. The smallest absolute Gasteiger partial charge is 0.0708 e. The molecule has 3 heterocycles. The lowest BCUT2D eigenvalue weighted by Gasteiger charge is -2.30. The van der Waals surface area contributed by atoms with Gasteiger partial charge in [-0.05, 0) is 108 Å². The molecule has 7 aromatic carbocycles. The van der Waals surface area contributed by atoms with Gasteiger partial charge in [0.25, 0.3) is 0 Å². The van der Waals surface area contributed by atoms with E-state index in [9.17, 15) is 0 Å². The molecule has 0 aliphatic heterocycles. The summed E-state index contributed by atoms with van der Waals surface area (Å²) in [5.74, 6) is 0. The lowest BCUT2D eigenvalue weighted by atomic mass is 9.80. The minimum Gasteiger partial charge on any atom is -0.386 e. The Morgan fingerprint density at radius 1 is 0.524 bits per heavy atom. The first-order chi connectivity index (χ1) is 30.4. The van der Waals surface area contributed by atoms with Crippen LogP contribution in [0.5, 0.6) is 0 Å². The number of aromatic nitrogens is 3. The van der Waals surface area contributed by atoms with Gasteiger partial charge in [0.15, 0.2) is 0 Å². The first kappa shape index (κ1) is 40.2. The topological polar surface area (TPSA) is 56.2 Å². The third kappa shape index (κ3) is 6.91. The molecule has 0 unspecified atom stereocenters. The van der Waals surface area contributed by atoms with Crippen LogP contribution in [-0.4, -0.2) is 55.5 Å². The normalized spacial score (nSPS) is 12.4. The average Bonchev–Trinajstić information content (AvgIpc) is 3.96. The van der Waals surface area contributed by atoms with Gasteiger partial charge in [-0.1, -0.05) is 100 Å². The number of para-hydroxylation sites is 4. The van der Waals surface area contributed by atoms with E-state index in [-0.39, 0.29) is 10.8 Å². The van der Waals surface area contributed by atoms with Crippen LogP contribution in [0.25, 0.3) is 71.1 Å². The minimum absolute atomic E-state index is 0.0754. The standard InChI is InChI=1S/C56H59N7/c1-55(2,31-33-58-48-20-14-18-44-43-17-13-19-47(57-5)53(43)59-54(44)48)37-23-29-49-45(35-37)46-36-38(24-30-50(46)62(49)40-27-25-39(26-28-40)60(6)7)56(3,4)32-34-61(8)63-51-21-11-9-15-41(51)42-16-10-12-22-52(42)63/h9-30,35-36,57-59H,31-34H2,1-8H3. The number of hydrogen-bond acceptors (Lipinski definition) is 4. The number of rotatable bonds is 13. The van der Waals surface area contributed by atoms with Gasteiger partial charge >= 0.3 is 0 Å². The van der Waals surface area contributed by atoms with Crippen LogP contribution in [0.15, 0.2) is 146 Å². The van der Waals surface area contributed by atoms with Crippen LogP contribution in [0.1, 0.15) is 51.7 Å². The summed E-state index contributed by atoms with van der Waals surface area (Å²) in [4.78, 5) is 5.88. The molecule has 0 amide bonds. The van der Waals surface area contributed by atoms with Crippen LogP contribution >= 0.6 is 0 Å². The maximum absolute atomic E-state index is 3.82. The van der Waals surface area contributed by atoms with Crippen molar-refractivity contribution in [3.05, 3.63) is 157 Å². The molecule has 0 spiro atoms. The van der Waals surface area contributed by atoms with Crippen molar-refractivity contribution in [3.63, 3.8) is 0 Å². The lowest BCUT2D eigenvalue weighted by molar-refractivity contribution is 0.463. The Hall–Kier alpha value is -6.86. The maximum Gasteiger partial charge on any atom is 0.0708 e. The Balaban J connectivity index is 0.975. The van der Waals surface area contributed by atoms with Crippen LogP contribution in [0.4, 0.5) is 17.1 Å². The first-order valence-electron chi connectivity index (χ1n) is 22.5. The van der Waals surface area contributed by atoms with Gasteiger partial charge in [0, 0.05) is 85.0 Å². The van der Waals surface area contributed by atoms with Crippen LogP contribution in [0.2, 0.25) is 0 Å². The number of fused-ring (bicyclic) bond motifs is 9. The van der Waals surface area contributed by atoms with Crippen molar-refractivity contribution in [2.45, 2.75) is 51.4 Å². The van der Waals surface area contributed by atoms with Gasteiger partial charge in [-0.25, -0.2) is 0 Å².